The molecule has 1 aliphatic heterocycles. The first-order valence-corrected chi connectivity index (χ1v) is 12.4. The molecule has 1 nitrogen and oxygen atoms in total. The van der Waals surface area contributed by atoms with Crippen molar-refractivity contribution in [1.82, 2.24) is 4.90 Å². The van der Waals surface area contributed by atoms with E-state index in [-0.39, 0.29) is 5.82 Å². The minimum atomic E-state index is -0.133. The van der Waals surface area contributed by atoms with E-state index in [1.54, 1.807) is 17.7 Å². The topological polar surface area (TPSA) is 3.24 Å². The Bertz CT molecular complexity index is 575. The average molecular weight is 402 g/mol. The number of hydrogen-bond donors (Lipinski definition) is 0. The summed E-state index contributed by atoms with van der Waals surface area (Å²) in [5, 5.41) is 0. The molecule has 1 heterocycles. The lowest BCUT2D eigenvalue weighted by molar-refractivity contribution is 0.289. The Balaban J connectivity index is 1.89. The summed E-state index contributed by atoms with van der Waals surface area (Å²) in [5.74, 6) is -0.133. The predicted molar refractivity (Wildman–Crippen MR) is 126 cm³/mol. The molecule has 0 atom stereocenters. The van der Waals surface area contributed by atoms with Crippen molar-refractivity contribution in [2.45, 2.75) is 104 Å². The fourth-order valence-electron chi connectivity index (χ4n) is 4.51. The third-order valence-corrected chi connectivity index (χ3v) is 6.39. The van der Waals surface area contributed by atoms with E-state index in [1.165, 1.54) is 114 Å². The van der Waals surface area contributed by atoms with E-state index in [4.69, 9.17) is 0 Å². The normalized spacial score (nSPS) is 15.3. The van der Waals surface area contributed by atoms with Crippen molar-refractivity contribution in [2.75, 3.05) is 19.6 Å². The van der Waals surface area contributed by atoms with Crippen LogP contribution in [0.1, 0.15) is 109 Å². The summed E-state index contributed by atoms with van der Waals surface area (Å²) in [6.07, 6.45) is 18.6. The molecule has 2 heteroatoms. The van der Waals surface area contributed by atoms with E-state index >= 15 is 0 Å². The number of unbranched alkanes of at least 4 members (excludes halogenated alkanes) is 10. The molecule has 0 saturated carbocycles. The lowest BCUT2D eigenvalue weighted by Gasteiger charge is -2.31. The quantitative estimate of drug-likeness (QED) is 0.267. The van der Waals surface area contributed by atoms with E-state index in [0.717, 1.165) is 6.54 Å². The minimum Gasteiger partial charge on any atom is -0.299 e. The van der Waals surface area contributed by atoms with Crippen LogP contribution < -0.4 is 0 Å². The van der Waals surface area contributed by atoms with Crippen LogP contribution in [0.25, 0.3) is 5.57 Å². The number of benzene rings is 1. The van der Waals surface area contributed by atoms with Gasteiger partial charge in [-0.1, -0.05) is 95.8 Å². The monoisotopic (exact) mass is 401 g/mol. The summed E-state index contributed by atoms with van der Waals surface area (Å²) in [5.41, 5.74) is 4.35. The summed E-state index contributed by atoms with van der Waals surface area (Å²) in [7, 11) is 0. The van der Waals surface area contributed by atoms with Gasteiger partial charge in [0, 0.05) is 13.1 Å². The van der Waals surface area contributed by atoms with Gasteiger partial charge >= 0.3 is 0 Å². The van der Waals surface area contributed by atoms with Crippen LogP contribution in [0.5, 0.6) is 0 Å². The zero-order valence-electron chi connectivity index (χ0n) is 19.2. The summed E-state index contributed by atoms with van der Waals surface area (Å²) in [6, 6.07) is 7.22. The molecular weight excluding hydrogens is 357 g/mol. The Hall–Kier alpha value is -1.15. The summed E-state index contributed by atoms with van der Waals surface area (Å²) < 4.78 is 13.4. The average Bonchev–Trinajstić information content (AvgIpc) is 2.74. The molecule has 0 fully saturated rings. The molecule has 29 heavy (non-hydrogen) atoms. The molecule has 0 N–H and O–H groups in total. The Labute approximate surface area is 179 Å². The maximum absolute atomic E-state index is 13.4. The van der Waals surface area contributed by atoms with Gasteiger partial charge in [-0.2, -0.15) is 0 Å². The number of halogens is 1. The molecule has 0 bridgehead atoms. The van der Waals surface area contributed by atoms with Gasteiger partial charge in [-0.05, 0) is 55.5 Å². The molecule has 0 saturated heterocycles. The van der Waals surface area contributed by atoms with Crippen LogP contribution in [0.15, 0.2) is 29.8 Å². The van der Waals surface area contributed by atoms with Gasteiger partial charge in [0.05, 0.1) is 0 Å². The fourth-order valence-corrected chi connectivity index (χ4v) is 4.51. The molecule has 0 spiro atoms. The van der Waals surface area contributed by atoms with Gasteiger partial charge in [0.25, 0.3) is 0 Å². The molecule has 0 radical (unpaired) electrons. The lowest BCUT2D eigenvalue weighted by Crippen LogP contribution is -2.32. The van der Waals surface area contributed by atoms with E-state index < -0.39 is 0 Å². The number of hydrogen-bond acceptors (Lipinski definition) is 1. The van der Waals surface area contributed by atoms with Crippen molar-refractivity contribution in [3.8, 4) is 0 Å². The van der Waals surface area contributed by atoms with Gasteiger partial charge in [-0.15, -0.1) is 0 Å². The van der Waals surface area contributed by atoms with E-state index in [2.05, 4.69) is 18.7 Å². The minimum absolute atomic E-state index is 0.133. The first kappa shape index (κ1) is 24.1. The maximum Gasteiger partial charge on any atom is 0.123 e. The SMILES string of the molecule is CCCCCCCCC1=C(c2ccc(F)cc2)CN(CCCCCCCC)CC1. The molecule has 0 aliphatic carbocycles. The van der Waals surface area contributed by atoms with Crippen molar-refractivity contribution >= 4 is 5.57 Å². The second-order valence-electron chi connectivity index (χ2n) is 8.90. The highest BCUT2D eigenvalue weighted by Gasteiger charge is 2.19. The Morgan fingerprint density at radius 1 is 0.759 bits per heavy atom. The van der Waals surface area contributed by atoms with Crippen LogP contribution in [0, 0.1) is 5.82 Å². The van der Waals surface area contributed by atoms with Gasteiger partial charge < -0.3 is 0 Å². The summed E-state index contributed by atoms with van der Waals surface area (Å²) in [6.45, 7) is 8.01. The predicted octanol–water partition coefficient (Wildman–Crippen LogP) is 8.40. The molecular formula is C27H44FN. The third kappa shape index (κ3) is 9.47. The highest BCUT2D eigenvalue weighted by Crippen LogP contribution is 2.30. The van der Waals surface area contributed by atoms with Crippen molar-refractivity contribution in [1.29, 1.82) is 0 Å². The highest BCUT2D eigenvalue weighted by molar-refractivity contribution is 5.70. The summed E-state index contributed by atoms with van der Waals surface area (Å²) in [4.78, 5) is 2.63. The maximum atomic E-state index is 13.4. The number of nitrogens with zero attached hydrogens (tertiary/aromatic N) is 1. The van der Waals surface area contributed by atoms with E-state index in [9.17, 15) is 4.39 Å². The largest absolute Gasteiger partial charge is 0.299 e. The second kappa shape index (κ2) is 14.8. The molecule has 0 amide bonds. The van der Waals surface area contributed by atoms with Crippen molar-refractivity contribution in [2.24, 2.45) is 0 Å². The van der Waals surface area contributed by atoms with Gasteiger partial charge in [-0.3, -0.25) is 4.90 Å². The van der Waals surface area contributed by atoms with Crippen LogP contribution in [0.4, 0.5) is 4.39 Å². The van der Waals surface area contributed by atoms with E-state index in [0.29, 0.717) is 0 Å². The van der Waals surface area contributed by atoms with E-state index in [1.807, 2.05) is 12.1 Å². The molecule has 2 rings (SSSR count). The Kier molecular flexibility index (Phi) is 12.3. The molecule has 1 aliphatic rings. The molecule has 0 unspecified atom stereocenters. The molecule has 164 valence electrons. The van der Waals surface area contributed by atoms with Crippen LogP contribution >= 0.6 is 0 Å². The van der Waals surface area contributed by atoms with Crippen LogP contribution in [-0.4, -0.2) is 24.5 Å². The van der Waals surface area contributed by atoms with Crippen LogP contribution in [0.3, 0.4) is 0 Å². The highest BCUT2D eigenvalue weighted by atomic mass is 19.1. The smallest absolute Gasteiger partial charge is 0.123 e. The Morgan fingerprint density at radius 3 is 2.00 bits per heavy atom. The third-order valence-electron chi connectivity index (χ3n) is 6.39. The molecule has 1 aromatic rings. The lowest BCUT2D eigenvalue weighted by atomic mass is 9.90. The van der Waals surface area contributed by atoms with Crippen molar-refractivity contribution in [3.05, 3.63) is 41.2 Å². The zero-order valence-corrected chi connectivity index (χ0v) is 19.2. The summed E-state index contributed by atoms with van der Waals surface area (Å²) >= 11 is 0. The number of rotatable bonds is 15. The first-order chi connectivity index (χ1) is 14.2. The van der Waals surface area contributed by atoms with Crippen LogP contribution in [-0.2, 0) is 0 Å². The van der Waals surface area contributed by atoms with Crippen molar-refractivity contribution < 1.29 is 4.39 Å². The van der Waals surface area contributed by atoms with Crippen LogP contribution in [0.2, 0.25) is 0 Å². The van der Waals surface area contributed by atoms with Crippen molar-refractivity contribution in [3.63, 3.8) is 0 Å². The fraction of sp³-hybridized carbons (Fsp3) is 0.704. The van der Waals surface area contributed by atoms with Gasteiger partial charge in [-0.25, -0.2) is 4.39 Å². The zero-order chi connectivity index (χ0) is 20.7. The Morgan fingerprint density at radius 2 is 1.34 bits per heavy atom. The second-order valence-corrected chi connectivity index (χ2v) is 8.90. The van der Waals surface area contributed by atoms with Gasteiger partial charge in [0.1, 0.15) is 5.82 Å². The van der Waals surface area contributed by atoms with Gasteiger partial charge in [0.15, 0.2) is 0 Å². The first-order valence-electron chi connectivity index (χ1n) is 12.4. The van der Waals surface area contributed by atoms with Gasteiger partial charge in [0.2, 0.25) is 0 Å². The molecule has 1 aromatic carbocycles. The standard InChI is InChI=1S/C27H44FN/c1-3-5-7-9-11-13-15-24-20-22-29(21-14-12-10-8-6-4-2)23-27(24)25-16-18-26(28)19-17-25/h16-19H,3-15,20-23H2,1-2H3. The molecule has 0 aromatic heterocycles.